The van der Waals surface area contributed by atoms with Crippen LogP contribution < -0.4 is 5.32 Å². The Bertz CT molecular complexity index is 1410. The van der Waals surface area contributed by atoms with Gasteiger partial charge in [0.2, 0.25) is 5.78 Å². The second kappa shape index (κ2) is 10.5. The molecular formula is C27H23NO10. The maximum absolute atomic E-state index is 13.0. The lowest BCUT2D eigenvalue weighted by Gasteiger charge is -2.21. The Hall–Kier alpha value is -5.06. The maximum atomic E-state index is 13.0. The van der Waals surface area contributed by atoms with E-state index in [4.69, 9.17) is 4.74 Å². The smallest absolute Gasteiger partial charge is 0.338 e. The fraction of sp³-hybridized carbons (Fsp3) is 0.185. The molecule has 3 aromatic carbocycles. The Balaban J connectivity index is 1.52. The molecule has 11 nitrogen and oxygen atoms in total. The minimum Gasteiger partial charge on any atom is -0.508 e. The molecule has 6 N–H and O–H groups in total. The van der Waals surface area contributed by atoms with Crippen LogP contribution in [0, 0.1) is 0 Å². The van der Waals surface area contributed by atoms with Crippen LogP contribution in [-0.2, 0) is 4.74 Å². The lowest BCUT2D eigenvalue weighted by molar-refractivity contribution is 0.0249. The lowest BCUT2D eigenvalue weighted by atomic mass is 9.95. The van der Waals surface area contributed by atoms with E-state index in [1.165, 1.54) is 30.3 Å². The molecule has 0 aliphatic heterocycles. The van der Waals surface area contributed by atoms with E-state index in [2.05, 4.69) is 5.32 Å². The number of phenols is 4. The van der Waals surface area contributed by atoms with E-state index < -0.39 is 69.7 Å². The molecule has 196 valence electrons. The molecule has 1 amide bonds. The molecule has 1 fully saturated rings. The maximum Gasteiger partial charge on any atom is 0.338 e. The average Bonchev–Trinajstić information content (AvgIpc) is 3.29. The molecular weight excluding hydrogens is 498 g/mol. The fourth-order valence-electron chi connectivity index (χ4n) is 4.35. The number of phenolic OH excluding ortho intramolecular Hbond substituents is 4. The third-order valence-electron chi connectivity index (χ3n) is 6.22. The number of benzene rings is 3. The predicted octanol–water partition coefficient (Wildman–Crippen LogP) is 2.95. The Labute approximate surface area is 215 Å². The molecule has 4 rings (SSSR count). The topological polar surface area (TPSA) is 191 Å². The van der Waals surface area contributed by atoms with E-state index in [1.807, 2.05) is 0 Å². The van der Waals surface area contributed by atoms with Gasteiger partial charge in [0.05, 0.1) is 22.7 Å². The lowest BCUT2D eigenvalue weighted by Crippen LogP contribution is -2.41. The number of rotatable bonds is 7. The van der Waals surface area contributed by atoms with E-state index in [9.17, 15) is 44.7 Å². The monoisotopic (exact) mass is 521 g/mol. The highest BCUT2D eigenvalue weighted by Crippen LogP contribution is 2.35. The summed E-state index contributed by atoms with van der Waals surface area (Å²) in [4.78, 5) is 49.8. The minimum atomic E-state index is -1.51. The highest BCUT2D eigenvalue weighted by molar-refractivity contribution is 6.18. The summed E-state index contributed by atoms with van der Waals surface area (Å²) in [5, 5.41) is 52.5. The van der Waals surface area contributed by atoms with Gasteiger partial charge in [-0.25, -0.2) is 9.59 Å². The molecule has 2 atom stereocenters. The molecule has 0 saturated heterocycles. The van der Waals surface area contributed by atoms with Crippen LogP contribution in [0.25, 0.3) is 0 Å². The van der Waals surface area contributed by atoms with Crippen molar-refractivity contribution in [1.29, 1.82) is 0 Å². The van der Waals surface area contributed by atoms with Gasteiger partial charge >= 0.3 is 11.9 Å². The highest BCUT2D eigenvalue weighted by atomic mass is 16.5. The summed E-state index contributed by atoms with van der Waals surface area (Å²) >= 11 is 0. The summed E-state index contributed by atoms with van der Waals surface area (Å²) in [6.45, 7) is 0. The number of ether oxygens (including phenoxy) is 1. The molecule has 1 unspecified atom stereocenters. The summed E-state index contributed by atoms with van der Waals surface area (Å²) in [5.41, 5.74) is -1.86. The van der Waals surface area contributed by atoms with Gasteiger partial charge in [0.15, 0.2) is 0 Å². The number of esters is 1. The Morgan fingerprint density at radius 3 is 2.08 bits per heavy atom. The zero-order chi connectivity index (χ0) is 27.6. The van der Waals surface area contributed by atoms with Crippen LogP contribution in [-0.4, -0.2) is 61.3 Å². The number of hydrogen-bond donors (Lipinski definition) is 6. The van der Waals surface area contributed by atoms with Gasteiger partial charge in [-0.2, -0.15) is 0 Å². The first-order valence-corrected chi connectivity index (χ1v) is 11.5. The van der Waals surface area contributed by atoms with E-state index in [-0.39, 0.29) is 11.3 Å². The van der Waals surface area contributed by atoms with Gasteiger partial charge in [-0.15, -0.1) is 0 Å². The SMILES string of the molecule is O=C(N[C@@H]1CCCC1OC(=O)c1cc(O)c(C(=O)c2c(O)cccc2C(=O)O)c(O)c1)c1ccc(O)cc1. The number of carbonyl (C=O) groups excluding carboxylic acids is 3. The Morgan fingerprint density at radius 1 is 0.789 bits per heavy atom. The quantitative estimate of drug-likeness (QED) is 0.199. The number of ketones is 1. The molecule has 1 saturated carbocycles. The number of carboxylic acids is 1. The molecule has 1 aliphatic carbocycles. The largest absolute Gasteiger partial charge is 0.508 e. The third-order valence-corrected chi connectivity index (χ3v) is 6.22. The Kier molecular flexibility index (Phi) is 7.19. The van der Waals surface area contributed by atoms with Crippen molar-refractivity contribution in [2.45, 2.75) is 31.4 Å². The van der Waals surface area contributed by atoms with Crippen molar-refractivity contribution in [1.82, 2.24) is 5.32 Å². The first-order valence-electron chi connectivity index (χ1n) is 11.5. The molecule has 0 bridgehead atoms. The van der Waals surface area contributed by atoms with Gasteiger partial charge in [-0.1, -0.05) is 6.07 Å². The number of amides is 1. The van der Waals surface area contributed by atoms with Gasteiger partial charge in [0.1, 0.15) is 34.7 Å². The number of aromatic hydroxyl groups is 4. The van der Waals surface area contributed by atoms with Crippen LogP contribution in [0.4, 0.5) is 0 Å². The third kappa shape index (κ3) is 5.21. The van der Waals surface area contributed by atoms with Gasteiger partial charge in [-0.3, -0.25) is 9.59 Å². The number of carbonyl (C=O) groups is 4. The average molecular weight is 521 g/mol. The first kappa shape index (κ1) is 26.0. The summed E-state index contributed by atoms with van der Waals surface area (Å²) < 4.78 is 5.51. The summed E-state index contributed by atoms with van der Waals surface area (Å²) in [7, 11) is 0. The van der Waals surface area contributed by atoms with Crippen molar-refractivity contribution >= 4 is 23.6 Å². The van der Waals surface area contributed by atoms with Crippen molar-refractivity contribution in [2.75, 3.05) is 0 Å². The number of aromatic carboxylic acids is 1. The van der Waals surface area contributed by atoms with Crippen LogP contribution in [0.5, 0.6) is 23.0 Å². The summed E-state index contributed by atoms with van der Waals surface area (Å²) in [6, 6.07) is 10.3. The molecule has 0 spiro atoms. The van der Waals surface area contributed by atoms with Crippen LogP contribution >= 0.6 is 0 Å². The van der Waals surface area contributed by atoms with Crippen molar-refractivity contribution in [3.05, 3.63) is 82.4 Å². The fourth-order valence-corrected chi connectivity index (χ4v) is 4.35. The van der Waals surface area contributed by atoms with E-state index in [0.717, 1.165) is 24.3 Å². The van der Waals surface area contributed by atoms with Crippen molar-refractivity contribution in [3.8, 4) is 23.0 Å². The summed E-state index contributed by atoms with van der Waals surface area (Å²) in [6.07, 6.45) is 0.951. The molecule has 1 aliphatic rings. The predicted molar refractivity (Wildman–Crippen MR) is 131 cm³/mol. The van der Waals surface area contributed by atoms with E-state index in [0.29, 0.717) is 24.8 Å². The number of nitrogens with one attached hydrogen (secondary N) is 1. The van der Waals surface area contributed by atoms with Gasteiger partial charge in [0, 0.05) is 5.56 Å². The van der Waals surface area contributed by atoms with Crippen molar-refractivity contribution in [3.63, 3.8) is 0 Å². The van der Waals surface area contributed by atoms with E-state index >= 15 is 0 Å². The first-order chi connectivity index (χ1) is 18.1. The molecule has 0 radical (unpaired) electrons. The van der Waals surface area contributed by atoms with Crippen molar-refractivity contribution in [2.24, 2.45) is 0 Å². The molecule has 0 aromatic heterocycles. The molecule has 11 heteroatoms. The van der Waals surface area contributed by atoms with Crippen LogP contribution in [0.15, 0.2) is 54.6 Å². The normalized spacial score (nSPS) is 16.5. The zero-order valence-corrected chi connectivity index (χ0v) is 19.7. The van der Waals surface area contributed by atoms with Crippen LogP contribution in [0.2, 0.25) is 0 Å². The minimum absolute atomic E-state index is 0.0105. The van der Waals surface area contributed by atoms with Gasteiger partial charge < -0.3 is 35.6 Å². The van der Waals surface area contributed by atoms with Crippen LogP contribution in [0.3, 0.4) is 0 Å². The zero-order valence-electron chi connectivity index (χ0n) is 19.7. The second-order valence-electron chi connectivity index (χ2n) is 8.72. The van der Waals surface area contributed by atoms with Gasteiger partial charge in [0.25, 0.3) is 5.91 Å². The summed E-state index contributed by atoms with van der Waals surface area (Å²) in [5.74, 6) is -6.33. The number of hydrogen-bond acceptors (Lipinski definition) is 9. The number of carboxylic acid groups (broad SMARTS) is 1. The molecule has 0 heterocycles. The second-order valence-corrected chi connectivity index (χ2v) is 8.72. The van der Waals surface area contributed by atoms with Gasteiger partial charge in [-0.05, 0) is 67.8 Å². The highest BCUT2D eigenvalue weighted by Gasteiger charge is 2.33. The standard InChI is InChI=1S/C27H23NO10/c29-15-9-7-13(8-10-15)25(34)28-17-4-2-6-21(17)38-27(37)14-11-19(31)23(20(32)12-14)24(33)22-16(26(35)36)3-1-5-18(22)30/h1,3,5,7-12,17,21,29-32H,2,4,6H2,(H,28,34)(H,35,36)/t17-,21?/m1/s1. The van der Waals surface area contributed by atoms with E-state index in [1.54, 1.807) is 0 Å². The van der Waals surface area contributed by atoms with Crippen LogP contribution in [0.1, 0.15) is 66.3 Å². The molecule has 3 aromatic rings. The molecule has 38 heavy (non-hydrogen) atoms. The van der Waals surface area contributed by atoms with Crippen molar-refractivity contribution < 1.29 is 49.4 Å². The Morgan fingerprint density at radius 2 is 1.45 bits per heavy atom.